The first-order valence-electron chi connectivity index (χ1n) is 11.7. The highest BCUT2D eigenvalue weighted by Crippen LogP contribution is 2.40. The highest BCUT2D eigenvalue weighted by Gasteiger charge is 2.46. The SMILES string of the molecule is COc1ccccc1CNC1(Cc2ccccc2-c2ccc(Cl)c(Cl)c2)CN2CCC1CC2. The molecule has 1 N–H and O–H groups in total. The first-order chi connectivity index (χ1) is 16.1. The summed E-state index contributed by atoms with van der Waals surface area (Å²) in [6, 6.07) is 23.0. The monoisotopic (exact) mass is 480 g/mol. The van der Waals surface area contributed by atoms with Crippen molar-refractivity contribution in [3.05, 3.63) is 87.9 Å². The molecule has 5 heteroatoms. The summed E-state index contributed by atoms with van der Waals surface area (Å²) in [4.78, 5) is 2.62. The number of fused-ring (bicyclic) bond motifs is 3. The average Bonchev–Trinajstić information content (AvgIpc) is 2.86. The van der Waals surface area contributed by atoms with E-state index in [1.807, 2.05) is 24.3 Å². The van der Waals surface area contributed by atoms with Crippen LogP contribution in [0.25, 0.3) is 11.1 Å². The molecule has 3 heterocycles. The fourth-order valence-corrected chi connectivity index (χ4v) is 6.01. The lowest BCUT2D eigenvalue weighted by atomic mass is 9.69. The van der Waals surface area contributed by atoms with Crippen LogP contribution in [0, 0.1) is 5.92 Å². The molecule has 3 nitrogen and oxygen atoms in total. The molecular formula is C28H30Cl2N2O. The van der Waals surface area contributed by atoms with Crippen molar-refractivity contribution in [1.82, 2.24) is 10.2 Å². The van der Waals surface area contributed by atoms with Gasteiger partial charge in [-0.3, -0.25) is 0 Å². The van der Waals surface area contributed by atoms with Crippen molar-refractivity contribution in [2.24, 2.45) is 5.92 Å². The minimum atomic E-state index is 0.0175. The average molecular weight is 481 g/mol. The quantitative estimate of drug-likeness (QED) is 0.419. The zero-order valence-corrected chi connectivity index (χ0v) is 20.5. The van der Waals surface area contributed by atoms with E-state index in [0.29, 0.717) is 16.0 Å². The van der Waals surface area contributed by atoms with Gasteiger partial charge in [0.1, 0.15) is 5.75 Å². The number of para-hydroxylation sites is 1. The number of hydrogen-bond donors (Lipinski definition) is 1. The number of methoxy groups -OCH3 is 1. The van der Waals surface area contributed by atoms with Gasteiger partial charge in [0.15, 0.2) is 0 Å². The highest BCUT2D eigenvalue weighted by molar-refractivity contribution is 6.42. The van der Waals surface area contributed by atoms with Crippen molar-refractivity contribution in [1.29, 1.82) is 0 Å². The van der Waals surface area contributed by atoms with Gasteiger partial charge in [-0.2, -0.15) is 0 Å². The van der Waals surface area contributed by atoms with Crippen LogP contribution >= 0.6 is 23.2 Å². The summed E-state index contributed by atoms with van der Waals surface area (Å²) >= 11 is 12.6. The van der Waals surface area contributed by atoms with Gasteiger partial charge < -0.3 is 15.0 Å². The van der Waals surface area contributed by atoms with E-state index < -0.39 is 0 Å². The number of nitrogens with one attached hydrogen (secondary N) is 1. The minimum Gasteiger partial charge on any atom is -0.496 e. The molecule has 0 radical (unpaired) electrons. The van der Waals surface area contributed by atoms with Crippen LogP contribution in [-0.4, -0.2) is 37.2 Å². The molecule has 0 aromatic heterocycles. The largest absolute Gasteiger partial charge is 0.496 e. The molecule has 0 amide bonds. The number of ether oxygens (including phenoxy) is 1. The van der Waals surface area contributed by atoms with Gasteiger partial charge in [-0.25, -0.2) is 0 Å². The zero-order chi connectivity index (χ0) is 22.8. The molecule has 33 heavy (non-hydrogen) atoms. The van der Waals surface area contributed by atoms with E-state index in [0.717, 1.165) is 30.8 Å². The van der Waals surface area contributed by atoms with Gasteiger partial charge in [0.05, 0.1) is 17.2 Å². The lowest BCUT2D eigenvalue weighted by molar-refractivity contribution is 0.00490. The smallest absolute Gasteiger partial charge is 0.123 e. The van der Waals surface area contributed by atoms with Gasteiger partial charge in [0, 0.05) is 24.2 Å². The van der Waals surface area contributed by atoms with Crippen LogP contribution < -0.4 is 10.1 Å². The Balaban J connectivity index is 1.48. The third-order valence-electron chi connectivity index (χ3n) is 7.45. The Labute approximate surface area is 206 Å². The molecule has 3 fully saturated rings. The van der Waals surface area contributed by atoms with E-state index in [9.17, 15) is 0 Å². The van der Waals surface area contributed by atoms with Crippen molar-refractivity contribution in [2.75, 3.05) is 26.7 Å². The maximum atomic E-state index is 6.37. The molecule has 3 aliphatic heterocycles. The standard InChI is InChI=1S/C28H30Cl2N2O/c1-33-27-9-5-3-7-22(27)18-31-28(19-32-14-12-23(28)13-15-32)17-21-6-2-4-8-24(21)20-10-11-25(29)26(30)16-20/h2-11,16,23,31H,12-15,17-19H2,1H3. The Morgan fingerprint density at radius 2 is 1.67 bits per heavy atom. The second-order valence-electron chi connectivity index (χ2n) is 9.33. The minimum absolute atomic E-state index is 0.0175. The number of piperidine rings is 3. The summed E-state index contributed by atoms with van der Waals surface area (Å²) in [6.45, 7) is 4.28. The van der Waals surface area contributed by atoms with Crippen LogP contribution in [0.3, 0.4) is 0 Å². The summed E-state index contributed by atoms with van der Waals surface area (Å²) in [5.74, 6) is 1.59. The molecule has 3 aromatic rings. The second kappa shape index (κ2) is 9.68. The van der Waals surface area contributed by atoms with Crippen molar-refractivity contribution >= 4 is 23.2 Å². The van der Waals surface area contributed by atoms with Crippen molar-refractivity contribution in [3.8, 4) is 16.9 Å². The Kier molecular flexibility index (Phi) is 6.67. The summed E-state index contributed by atoms with van der Waals surface area (Å²) in [5.41, 5.74) is 4.90. The molecule has 3 aliphatic rings. The third kappa shape index (κ3) is 4.65. The van der Waals surface area contributed by atoms with Crippen LogP contribution in [0.2, 0.25) is 10.0 Å². The molecule has 172 valence electrons. The van der Waals surface area contributed by atoms with Crippen LogP contribution in [0.5, 0.6) is 5.75 Å². The summed E-state index contributed by atoms with van der Waals surface area (Å²) in [7, 11) is 1.75. The fraction of sp³-hybridized carbons (Fsp3) is 0.357. The molecule has 2 bridgehead atoms. The summed E-state index contributed by atoms with van der Waals surface area (Å²) in [5, 5.41) is 5.22. The number of nitrogens with zero attached hydrogens (tertiary/aromatic N) is 1. The van der Waals surface area contributed by atoms with Gasteiger partial charge in [-0.05, 0) is 73.2 Å². The van der Waals surface area contributed by atoms with Gasteiger partial charge in [-0.15, -0.1) is 0 Å². The first-order valence-corrected chi connectivity index (χ1v) is 12.5. The zero-order valence-electron chi connectivity index (χ0n) is 19.0. The maximum Gasteiger partial charge on any atom is 0.123 e. The van der Waals surface area contributed by atoms with E-state index in [1.54, 1.807) is 7.11 Å². The number of benzene rings is 3. The molecule has 3 saturated heterocycles. The van der Waals surface area contributed by atoms with Gasteiger partial charge in [-0.1, -0.05) is 71.7 Å². The Morgan fingerprint density at radius 3 is 2.36 bits per heavy atom. The van der Waals surface area contributed by atoms with Crippen molar-refractivity contribution in [3.63, 3.8) is 0 Å². The topological polar surface area (TPSA) is 24.5 Å². The second-order valence-corrected chi connectivity index (χ2v) is 10.1. The van der Waals surface area contributed by atoms with Gasteiger partial charge >= 0.3 is 0 Å². The lowest BCUT2D eigenvalue weighted by Gasteiger charge is -2.54. The molecule has 1 unspecified atom stereocenters. The van der Waals surface area contributed by atoms with Crippen LogP contribution in [0.1, 0.15) is 24.0 Å². The molecule has 6 rings (SSSR count). The summed E-state index contributed by atoms with van der Waals surface area (Å²) < 4.78 is 5.62. The Morgan fingerprint density at radius 1 is 0.939 bits per heavy atom. The number of halogens is 2. The Hall–Kier alpha value is -2.04. The molecular weight excluding hydrogens is 451 g/mol. The molecule has 3 aromatic carbocycles. The molecule has 0 saturated carbocycles. The van der Waals surface area contributed by atoms with Crippen LogP contribution in [-0.2, 0) is 13.0 Å². The predicted octanol–water partition coefficient (Wildman–Crippen LogP) is 6.47. The van der Waals surface area contributed by atoms with Crippen LogP contribution in [0.15, 0.2) is 66.7 Å². The third-order valence-corrected chi connectivity index (χ3v) is 8.19. The molecule has 1 atom stereocenters. The highest BCUT2D eigenvalue weighted by atomic mass is 35.5. The van der Waals surface area contributed by atoms with Gasteiger partial charge in [0.25, 0.3) is 0 Å². The number of rotatable bonds is 7. The predicted molar refractivity (Wildman–Crippen MR) is 137 cm³/mol. The molecule has 0 aliphatic carbocycles. The fourth-order valence-electron chi connectivity index (χ4n) is 5.71. The van der Waals surface area contributed by atoms with Crippen molar-refractivity contribution < 1.29 is 4.74 Å². The molecule has 0 spiro atoms. The normalized spacial score (nSPS) is 24.1. The van der Waals surface area contributed by atoms with E-state index in [2.05, 4.69) is 52.7 Å². The van der Waals surface area contributed by atoms with Gasteiger partial charge in [0.2, 0.25) is 0 Å². The van der Waals surface area contributed by atoms with Crippen LogP contribution in [0.4, 0.5) is 0 Å². The number of hydrogen-bond acceptors (Lipinski definition) is 3. The van der Waals surface area contributed by atoms with E-state index in [-0.39, 0.29) is 5.54 Å². The van der Waals surface area contributed by atoms with E-state index in [4.69, 9.17) is 27.9 Å². The van der Waals surface area contributed by atoms with Crippen molar-refractivity contribution in [2.45, 2.75) is 31.3 Å². The van der Waals surface area contributed by atoms with E-state index in [1.165, 1.54) is 42.6 Å². The Bertz CT molecular complexity index is 1130. The summed E-state index contributed by atoms with van der Waals surface area (Å²) in [6.07, 6.45) is 3.46. The van der Waals surface area contributed by atoms with E-state index >= 15 is 0 Å². The maximum absolute atomic E-state index is 6.37. The first kappa shape index (κ1) is 22.7. The lowest BCUT2D eigenvalue weighted by Crippen LogP contribution is -2.66.